The maximum atomic E-state index is 10.8. The average Bonchev–Trinajstić information content (AvgIpc) is 2.84. The zero-order chi connectivity index (χ0) is 11.4. The number of hydrogen-bond acceptors (Lipinski definition) is 6. The Kier molecular flexibility index (Phi) is 3.92. The Labute approximate surface area is 105 Å². The van der Waals surface area contributed by atoms with Gasteiger partial charge in [-0.1, -0.05) is 29.2 Å². The number of carbonyl (C=O) groups excluding carboxylic acids is 1. The van der Waals surface area contributed by atoms with Gasteiger partial charge in [0.2, 0.25) is 11.0 Å². The molecule has 84 valence electrons. The van der Waals surface area contributed by atoms with Crippen LogP contribution in [-0.4, -0.2) is 16.1 Å². The van der Waals surface area contributed by atoms with Gasteiger partial charge in [0.15, 0.2) is 4.34 Å². The maximum absolute atomic E-state index is 10.8. The Morgan fingerprint density at radius 1 is 1.56 bits per heavy atom. The van der Waals surface area contributed by atoms with E-state index in [-0.39, 0.29) is 5.91 Å². The Morgan fingerprint density at radius 3 is 3.12 bits per heavy atom. The third-order valence-electron chi connectivity index (χ3n) is 1.61. The Bertz CT molecular complexity index is 466. The predicted molar refractivity (Wildman–Crippen MR) is 68.1 cm³/mol. The molecule has 16 heavy (non-hydrogen) atoms. The molecule has 0 saturated carbocycles. The number of rotatable bonds is 4. The van der Waals surface area contributed by atoms with Crippen molar-refractivity contribution in [2.24, 2.45) is 0 Å². The molecule has 0 aromatic carbocycles. The SMILES string of the molecule is CC(=O)Nc1nnc(SCc2cccs2)s1. The minimum Gasteiger partial charge on any atom is -0.301 e. The second-order valence-electron chi connectivity index (χ2n) is 2.92. The summed E-state index contributed by atoms with van der Waals surface area (Å²) in [6, 6.07) is 4.12. The topological polar surface area (TPSA) is 54.9 Å². The number of carbonyl (C=O) groups is 1. The van der Waals surface area contributed by atoms with Crippen molar-refractivity contribution in [3.8, 4) is 0 Å². The van der Waals surface area contributed by atoms with Gasteiger partial charge in [-0.25, -0.2) is 0 Å². The second-order valence-corrected chi connectivity index (χ2v) is 6.15. The highest BCUT2D eigenvalue weighted by molar-refractivity contribution is 8.00. The molecular formula is C9H9N3OS3. The third kappa shape index (κ3) is 3.29. The van der Waals surface area contributed by atoms with Crippen LogP contribution in [-0.2, 0) is 10.5 Å². The summed E-state index contributed by atoms with van der Waals surface area (Å²) in [4.78, 5) is 12.1. The monoisotopic (exact) mass is 271 g/mol. The van der Waals surface area contributed by atoms with E-state index < -0.39 is 0 Å². The quantitative estimate of drug-likeness (QED) is 0.686. The van der Waals surface area contributed by atoms with Gasteiger partial charge in [-0.15, -0.1) is 21.5 Å². The summed E-state index contributed by atoms with van der Waals surface area (Å²) in [5, 5.41) is 13.1. The molecule has 0 bridgehead atoms. The summed E-state index contributed by atoms with van der Waals surface area (Å²) >= 11 is 4.75. The minimum absolute atomic E-state index is 0.119. The molecule has 1 amide bonds. The van der Waals surface area contributed by atoms with Crippen LogP contribution in [0.25, 0.3) is 0 Å². The van der Waals surface area contributed by atoms with E-state index in [1.54, 1.807) is 23.1 Å². The van der Waals surface area contributed by atoms with E-state index in [0.717, 1.165) is 10.1 Å². The van der Waals surface area contributed by atoms with E-state index in [1.165, 1.54) is 23.1 Å². The van der Waals surface area contributed by atoms with E-state index in [1.807, 2.05) is 6.07 Å². The fourth-order valence-corrected chi connectivity index (χ4v) is 3.57. The molecule has 0 atom stereocenters. The van der Waals surface area contributed by atoms with Gasteiger partial charge >= 0.3 is 0 Å². The molecule has 0 fully saturated rings. The minimum atomic E-state index is -0.119. The van der Waals surface area contributed by atoms with Gasteiger partial charge in [-0.3, -0.25) is 4.79 Å². The van der Waals surface area contributed by atoms with Gasteiger partial charge in [-0.05, 0) is 11.4 Å². The van der Waals surface area contributed by atoms with E-state index in [9.17, 15) is 4.79 Å². The zero-order valence-electron chi connectivity index (χ0n) is 8.47. The number of aromatic nitrogens is 2. The highest BCUT2D eigenvalue weighted by atomic mass is 32.2. The van der Waals surface area contributed by atoms with E-state index in [0.29, 0.717) is 5.13 Å². The zero-order valence-corrected chi connectivity index (χ0v) is 10.9. The second kappa shape index (κ2) is 5.42. The predicted octanol–water partition coefficient (Wildman–Crippen LogP) is 2.85. The molecule has 4 nitrogen and oxygen atoms in total. The van der Waals surface area contributed by atoms with Crippen molar-refractivity contribution in [1.82, 2.24) is 10.2 Å². The molecule has 2 aromatic rings. The van der Waals surface area contributed by atoms with Crippen LogP contribution >= 0.6 is 34.4 Å². The van der Waals surface area contributed by atoms with Crippen LogP contribution in [0.4, 0.5) is 5.13 Å². The van der Waals surface area contributed by atoms with Gasteiger partial charge in [0.05, 0.1) is 0 Å². The number of thiophene rings is 1. The van der Waals surface area contributed by atoms with Gasteiger partial charge in [0, 0.05) is 17.6 Å². The lowest BCUT2D eigenvalue weighted by Crippen LogP contribution is -2.04. The lowest BCUT2D eigenvalue weighted by atomic mass is 10.5. The number of thioether (sulfide) groups is 1. The molecule has 0 saturated heterocycles. The van der Waals surface area contributed by atoms with Gasteiger partial charge in [0.25, 0.3) is 0 Å². The fourth-order valence-electron chi connectivity index (χ4n) is 0.997. The summed E-state index contributed by atoms with van der Waals surface area (Å²) in [5.41, 5.74) is 0. The molecule has 1 N–H and O–H groups in total. The van der Waals surface area contributed by atoms with Crippen molar-refractivity contribution in [2.45, 2.75) is 17.0 Å². The van der Waals surface area contributed by atoms with Crippen LogP contribution < -0.4 is 5.32 Å². The van der Waals surface area contributed by atoms with Crippen molar-refractivity contribution in [2.75, 3.05) is 5.32 Å². The first-order chi connectivity index (χ1) is 7.74. The lowest BCUT2D eigenvalue weighted by molar-refractivity contribution is -0.114. The number of anilines is 1. The lowest BCUT2D eigenvalue weighted by Gasteiger charge is -1.92. The largest absolute Gasteiger partial charge is 0.301 e. The Balaban J connectivity index is 1.90. The van der Waals surface area contributed by atoms with Gasteiger partial charge < -0.3 is 5.32 Å². The molecular weight excluding hydrogens is 262 g/mol. The average molecular weight is 271 g/mol. The van der Waals surface area contributed by atoms with Crippen LogP contribution in [0.15, 0.2) is 21.9 Å². The van der Waals surface area contributed by atoms with Crippen LogP contribution in [0, 0.1) is 0 Å². The van der Waals surface area contributed by atoms with E-state index in [4.69, 9.17) is 0 Å². The van der Waals surface area contributed by atoms with Crippen molar-refractivity contribution < 1.29 is 4.79 Å². The van der Waals surface area contributed by atoms with E-state index in [2.05, 4.69) is 27.0 Å². The molecule has 0 spiro atoms. The first-order valence-electron chi connectivity index (χ1n) is 4.50. The molecule has 2 heterocycles. The maximum Gasteiger partial charge on any atom is 0.223 e. The summed E-state index contributed by atoms with van der Waals surface area (Å²) in [6.45, 7) is 1.46. The summed E-state index contributed by atoms with van der Waals surface area (Å²) in [5.74, 6) is 0.776. The molecule has 0 aliphatic rings. The number of amides is 1. The van der Waals surface area contributed by atoms with Crippen LogP contribution in [0.5, 0.6) is 0 Å². The molecule has 7 heteroatoms. The van der Waals surface area contributed by atoms with Gasteiger partial charge in [-0.2, -0.15) is 0 Å². The van der Waals surface area contributed by atoms with Crippen LogP contribution in [0.2, 0.25) is 0 Å². The van der Waals surface area contributed by atoms with Crippen molar-refractivity contribution in [3.05, 3.63) is 22.4 Å². The molecule has 2 aromatic heterocycles. The van der Waals surface area contributed by atoms with Crippen molar-refractivity contribution in [3.63, 3.8) is 0 Å². The molecule has 2 rings (SSSR count). The Morgan fingerprint density at radius 2 is 2.44 bits per heavy atom. The molecule has 0 aliphatic heterocycles. The van der Waals surface area contributed by atoms with Crippen LogP contribution in [0.3, 0.4) is 0 Å². The number of nitrogens with zero attached hydrogens (tertiary/aromatic N) is 2. The fraction of sp³-hybridized carbons (Fsp3) is 0.222. The molecule has 0 radical (unpaired) electrons. The summed E-state index contributed by atoms with van der Waals surface area (Å²) in [7, 11) is 0. The highest BCUT2D eigenvalue weighted by Gasteiger charge is 2.06. The van der Waals surface area contributed by atoms with Crippen molar-refractivity contribution in [1.29, 1.82) is 0 Å². The third-order valence-corrected chi connectivity index (χ3v) is 4.69. The normalized spacial score (nSPS) is 10.3. The van der Waals surface area contributed by atoms with Gasteiger partial charge in [0.1, 0.15) is 0 Å². The summed E-state index contributed by atoms with van der Waals surface area (Å²) in [6.07, 6.45) is 0. The molecule has 0 aliphatic carbocycles. The first kappa shape index (κ1) is 11.6. The van der Waals surface area contributed by atoms with E-state index >= 15 is 0 Å². The van der Waals surface area contributed by atoms with Crippen LogP contribution in [0.1, 0.15) is 11.8 Å². The summed E-state index contributed by atoms with van der Waals surface area (Å²) < 4.78 is 0.872. The number of hydrogen-bond donors (Lipinski definition) is 1. The Hall–Kier alpha value is -0.920. The highest BCUT2D eigenvalue weighted by Crippen LogP contribution is 2.29. The smallest absolute Gasteiger partial charge is 0.223 e. The van der Waals surface area contributed by atoms with Crippen molar-refractivity contribution >= 4 is 45.5 Å². The first-order valence-corrected chi connectivity index (χ1v) is 7.18. The standard InChI is InChI=1S/C9H9N3OS3/c1-6(13)10-8-11-12-9(16-8)15-5-7-3-2-4-14-7/h2-4H,5H2,1H3,(H,10,11,13). The number of nitrogens with one attached hydrogen (secondary N) is 1. The molecule has 0 unspecified atom stereocenters.